The van der Waals surface area contributed by atoms with Crippen molar-refractivity contribution >= 4 is 45.8 Å². The van der Waals surface area contributed by atoms with Gasteiger partial charge in [0.05, 0.1) is 18.4 Å². The van der Waals surface area contributed by atoms with Gasteiger partial charge in [-0.25, -0.2) is 9.18 Å². The summed E-state index contributed by atoms with van der Waals surface area (Å²) < 4.78 is 25.5. The van der Waals surface area contributed by atoms with Gasteiger partial charge in [0.15, 0.2) is 11.3 Å². The molecule has 3 aromatic carbocycles. The molecular weight excluding hydrogens is 479 g/mol. The summed E-state index contributed by atoms with van der Waals surface area (Å²) in [4.78, 5) is 10.9. The number of benzene rings is 3. The summed E-state index contributed by atoms with van der Waals surface area (Å²) in [6.07, 6.45) is 7.52. The number of carboxylic acids is 1. The summed E-state index contributed by atoms with van der Waals surface area (Å²) >= 11 is 6.62. The molecular formula is C30H24ClFO4. The van der Waals surface area contributed by atoms with E-state index in [1.165, 1.54) is 12.1 Å². The van der Waals surface area contributed by atoms with Crippen LogP contribution in [0.1, 0.15) is 41.5 Å². The van der Waals surface area contributed by atoms with Crippen LogP contribution in [0.15, 0.2) is 77.4 Å². The van der Waals surface area contributed by atoms with E-state index in [-0.39, 0.29) is 11.7 Å². The molecule has 1 heterocycles. The van der Waals surface area contributed by atoms with Gasteiger partial charge in [0.25, 0.3) is 0 Å². The largest absolute Gasteiger partial charge is 0.493 e. The lowest BCUT2D eigenvalue weighted by Gasteiger charge is -2.32. The Morgan fingerprint density at radius 3 is 2.53 bits per heavy atom. The van der Waals surface area contributed by atoms with Gasteiger partial charge >= 0.3 is 5.97 Å². The van der Waals surface area contributed by atoms with Gasteiger partial charge in [-0.3, -0.25) is 0 Å². The van der Waals surface area contributed by atoms with Crippen molar-refractivity contribution in [2.75, 3.05) is 7.11 Å². The average molecular weight is 503 g/mol. The maximum absolute atomic E-state index is 14.0. The maximum Gasteiger partial charge on any atom is 0.328 e. The Balaban J connectivity index is 1.79. The summed E-state index contributed by atoms with van der Waals surface area (Å²) in [6.45, 7) is 0. The van der Waals surface area contributed by atoms with Gasteiger partial charge in [-0.15, -0.1) is 0 Å². The van der Waals surface area contributed by atoms with Crippen LogP contribution < -0.4 is 4.74 Å². The number of carboxylic acid groups (broad SMARTS) is 1. The molecule has 0 unspecified atom stereocenters. The van der Waals surface area contributed by atoms with E-state index < -0.39 is 5.97 Å². The van der Waals surface area contributed by atoms with E-state index in [2.05, 4.69) is 0 Å². The molecule has 1 N–H and O–H groups in total. The molecule has 1 saturated carbocycles. The van der Waals surface area contributed by atoms with Crippen molar-refractivity contribution in [1.29, 1.82) is 0 Å². The first-order valence-corrected chi connectivity index (χ1v) is 12.1. The molecule has 1 aromatic heterocycles. The number of rotatable bonds is 7. The molecule has 0 amide bonds. The van der Waals surface area contributed by atoms with Crippen molar-refractivity contribution in [3.05, 3.63) is 106 Å². The molecule has 0 aliphatic heterocycles. The predicted octanol–water partition coefficient (Wildman–Crippen LogP) is 8.09. The van der Waals surface area contributed by atoms with Crippen LogP contribution in [-0.2, 0) is 4.79 Å². The highest BCUT2D eigenvalue weighted by Gasteiger charge is 2.30. The first-order chi connectivity index (χ1) is 17.5. The molecule has 1 aliphatic rings. The number of ether oxygens (including phenoxy) is 1. The zero-order valence-electron chi connectivity index (χ0n) is 19.6. The Morgan fingerprint density at radius 1 is 1.11 bits per heavy atom. The molecule has 0 spiro atoms. The molecule has 0 atom stereocenters. The smallest absolute Gasteiger partial charge is 0.328 e. The third-order valence-electron chi connectivity index (χ3n) is 6.67. The van der Waals surface area contributed by atoms with E-state index in [9.17, 15) is 9.18 Å². The predicted molar refractivity (Wildman–Crippen MR) is 141 cm³/mol. The quantitative estimate of drug-likeness (QED) is 0.205. The van der Waals surface area contributed by atoms with Gasteiger partial charge in [0.1, 0.15) is 5.82 Å². The van der Waals surface area contributed by atoms with Gasteiger partial charge in [-0.2, -0.15) is 0 Å². The molecule has 4 aromatic rings. The highest BCUT2D eigenvalue weighted by Crippen LogP contribution is 2.48. The van der Waals surface area contributed by atoms with Crippen molar-refractivity contribution in [1.82, 2.24) is 0 Å². The molecule has 36 heavy (non-hydrogen) atoms. The number of carbonyl (C=O) groups is 1. The van der Waals surface area contributed by atoms with Gasteiger partial charge in [-0.05, 0) is 70.9 Å². The molecule has 0 saturated heterocycles. The molecule has 182 valence electrons. The molecule has 5 rings (SSSR count). The molecule has 1 fully saturated rings. The molecule has 1 aliphatic carbocycles. The minimum absolute atomic E-state index is 0.255. The number of allylic oxidation sites excluding steroid dienone is 1. The van der Waals surface area contributed by atoms with E-state index in [0.717, 1.165) is 64.1 Å². The number of halogens is 2. The fourth-order valence-electron chi connectivity index (χ4n) is 4.73. The second-order valence-corrected chi connectivity index (χ2v) is 9.23. The number of furan rings is 1. The Bertz CT molecular complexity index is 1490. The summed E-state index contributed by atoms with van der Waals surface area (Å²) in [7, 11) is 1.61. The molecule has 0 radical (unpaired) electrons. The second-order valence-electron chi connectivity index (χ2n) is 8.82. The third kappa shape index (κ3) is 4.54. The number of methoxy groups -OCH3 is 1. The third-order valence-corrected chi connectivity index (χ3v) is 6.99. The zero-order valence-corrected chi connectivity index (χ0v) is 20.4. The van der Waals surface area contributed by atoms with Crippen LogP contribution in [0.4, 0.5) is 4.39 Å². The van der Waals surface area contributed by atoms with E-state index in [1.807, 2.05) is 42.5 Å². The van der Waals surface area contributed by atoms with Gasteiger partial charge in [-0.1, -0.05) is 60.5 Å². The fourth-order valence-corrected chi connectivity index (χ4v) is 5.00. The minimum Gasteiger partial charge on any atom is -0.493 e. The van der Waals surface area contributed by atoms with Crippen LogP contribution >= 0.6 is 11.6 Å². The van der Waals surface area contributed by atoms with Crippen LogP contribution in [0.5, 0.6) is 5.75 Å². The van der Waals surface area contributed by atoms with Crippen LogP contribution in [0.2, 0.25) is 5.02 Å². The van der Waals surface area contributed by atoms with E-state index in [0.29, 0.717) is 16.4 Å². The Morgan fingerprint density at radius 2 is 1.89 bits per heavy atom. The highest BCUT2D eigenvalue weighted by atomic mass is 35.5. The van der Waals surface area contributed by atoms with Gasteiger partial charge in [0, 0.05) is 17.0 Å². The van der Waals surface area contributed by atoms with E-state index in [4.69, 9.17) is 25.9 Å². The van der Waals surface area contributed by atoms with Gasteiger partial charge in [0.2, 0.25) is 0 Å². The highest BCUT2D eigenvalue weighted by molar-refractivity contribution is 6.33. The van der Waals surface area contributed by atoms with Crippen molar-refractivity contribution in [3.63, 3.8) is 0 Å². The number of hydrogen-bond acceptors (Lipinski definition) is 3. The number of para-hydroxylation sites is 1. The Hall–Kier alpha value is -3.83. The van der Waals surface area contributed by atoms with Crippen LogP contribution in [-0.4, -0.2) is 18.2 Å². The van der Waals surface area contributed by atoms with Crippen LogP contribution in [0, 0.1) is 11.7 Å². The minimum atomic E-state index is -1.00. The van der Waals surface area contributed by atoms with Crippen LogP contribution in [0.3, 0.4) is 0 Å². The van der Waals surface area contributed by atoms with Crippen molar-refractivity contribution in [2.24, 2.45) is 5.92 Å². The lowest BCUT2D eigenvalue weighted by molar-refractivity contribution is -0.131. The Kier molecular flexibility index (Phi) is 6.66. The average Bonchev–Trinajstić information content (AvgIpc) is 3.26. The second kappa shape index (κ2) is 10.0. The van der Waals surface area contributed by atoms with Crippen molar-refractivity contribution in [2.45, 2.75) is 19.3 Å². The monoisotopic (exact) mass is 502 g/mol. The summed E-state index contributed by atoms with van der Waals surface area (Å²) in [5.74, 6) is -0.495. The van der Waals surface area contributed by atoms with Gasteiger partial charge < -0.3 is 14.3 Å². The summed E-state index contributed by atoms with van der Waals surface area (Å²) in [5.41, 5.74) is 6.02. The van der Waals surface area contributed by atoms with Crippen molar-refractivity contribution < 1.29 is 23.4 Å². The lowest BCUT2D eigenvalue weighted by Crippen LogP contribution is -2.15. The first kappa shape index (κ1) is 23.9. The lowest BCUT2D eigenvalue weighted by atomic mass is 9.73. The number of hydrogen-bond donors (Lipinski definition) is 1. The molecule has 4 nitrogen and oxygen atoms in total. The Labute approximate surface area is 213 Å². The molecule has 0 bridgehead atoms. The van der Waals surface area contributed by atoms with E-state index >= 15 is 0 Å². The fraction of sp³-hybridized carbons (Fsp3) is 0.167. The SMILES string of the molecule is COc1cccc2c(/C(=C(/c3ccc(F)cc3Cl)C3CCC3)c3ccc(/C=C/C(=O)O)cc3)coc12. The zero-order chi connectivity index (χ0) is 25.2. The van der Waals surface area contributed by atoms with Crippen LogP contribution in [0.25, 0.3) is 28.2 Å². The topological polar surface area (TPSA) is 59.7 Å². The maximum atomic E-state index is 14.0. The van der Waals surface area contributed by atoms with E-state index in [1.54, 1.807) is 25.5 Å². The van der Waals surface area contributed by atoms with Crippen molar-refractivity contribution in [3.8, 4) is 5.75 Å². The molecule has 6 heteroatoms. The number of aliphatic carboxylic acids is 1. The summed E-state index contributed by atoms with van der Waals surface area (Å²) in [6, 6.07) is 18.0. The normalized spacial score (nSPS) is 14.6. The standard InChI is InChI=1S/C30H24ClFO4/c1-35-26-7-3-6-22-24(17-36-30(22)26)29(20-11-8-18(9-12-20)10-15-27(33)34)28(19-4-2-5-19)23-14-13-21(32)16-25(23)31/h3,6-17,19H,2,4-5H2,1H3,(H,33,34)/b15-10+,29-28+. The number of fused-ring (bicyclic) bond motifs is 1. The first-order valence-electron chi connectivity index (χ1n) is 11.7. The summed E-state index contributed by atoms with van der Waals surface area (Å²) in [5, 5.41) is 10.2.